The van der Waals surface area contributed by atoms with Gasteiger partial charge in [0.2, 0.25) is 0 Å². The van der Waals surface area contributed by atoms with Crippen molar-refractivity contribution in [2.45, 2.75) is 45.9 Å². The van der Waals surface area contributed by atoms with Gasteiger partial charge in [-0.15, -0.1) is 0 Å². The SMILES string of the molecule is CC(N)Cc1cc(Cl)ccc1OCc1ncnn1C(C)C. The normalized spacial score (nSPS) is 12.7. The molecule has 2 N–H and O–H groups in total. The van der Waals surface area contributed by atoms with Crippen LogP contribution in [0.4, 0.5) is 0 Å². The monoisotopic (exact) mass is 308 g/mol. The number of rotatable bonds is 6. The fraction of sp³-hybridized carbons (Fsp3) is 0.467. The molecule has 5 nitrogen and oxygen atoms in total. The third-order valence-electron chi connectivity index (χ3n) is 3.06. The van der Waals surface area contributed by atoms with Crippen LogP contribution < -0.4 is 10.5 Å². The first kappa shape index (κ1) is 15.8. The van der Waals surface area contributed by atoms with Crippen LogP contribution in [0.25, 0.3) is 0 Å². The smallest absolute Gasteiger partial charge is 0.165 e. The van der Waals surface area contributed by atoms with Crippen molar-refractivity contribution in [3.8, 4) is 5.75 Å². The summed E-state index contributed by atoms with van der Waals surface area (Å²) < 4.78 is 7.74. The molecule has 1 atom stereocenters. The van der Waals surface area contributed by atoms with Crippen molar-refractivity contribution in [3.63, 3.8) is 0 Å². The number of ether oxygens (including phenoxy) is 1. The molecular weight excluding hydrogens is 288 g/mol. The minimum atomic E-state index is 0.0464. The van der Waals surface area contributed by atoms with E-state index in [-0.39, 0.29) is 12.1 Å². The van der Waals surface area contributed by atoms with Gasteiger partial charge in [0.1, 0.15) is 18.7 Å². The Bertz CT molecular complexity index is 595. The number of halogens is 1. The number of nitrogens with zero attached hydrogens (tertiary/aromatic N) is 3. The summed E-state index contributed by atoms with van der Waals surface area (Å²) in [5.74, 6) is 1.58. The van der Waals surface area contributed by atoms with Crippen LogP contribution in [0.3, 0.4) is 0 Å². The zero-order chi connectivity index (χ0) is 15.4. The molecule has 114 valence electrons. The Morgan fingerprint density at radius 1 is 1.33 bits per heavy atom. The van der Waals surface area contributed by atoms with Crippen LogP contribution in [-0.2, 0) is 13.0 Å². The van der Waals surface area contributed by atoms with Crippen molar-refractivity contribution in [1.82, 2.24) is 14.8 Å². The minimum absolute atomic E-state index is 0.0464. The molecule has 0 saturated heterocycles. The second-order valence-corrected chi connectivity index (χ2v) is 5.87. The summed E-state index contributed by atoms with van der Waals surface area (Å²) in [5.41, 5.74) is 6.88. The van der Waals surface area contributed by atoms with Gasteiger partial charge in [0.25, 0.3) is 0 Å². The van der Waals surface area contributed by atoms with Crippen LogP contribution in [0, 0.1) is 0 Å². The molecule has 1 unspecified atom stereocenters. The van der Waals surface area contributed by atoms with Gasteiger partial charge in [-0.1, -0.05) is 11.6 Å². The Morgan fingerprint density at radius 2 is 2.10 bits per heavy atom. The first-order valence-electron chi connectivity index (χ1n) is 7.02. The number of hydrogen-bond acceptors (Lipinski definition) is 4. The Hall–Kier alpha value is -1.59. The van der Waals surface area contributed by atoms with Crippen LogP contribution in [0.2, 0.25) is 5.02 Å². The van der Waals surface area contributed by atoms with Gasteiger partial charge in [-0.05, 0) is 51.0 Å². The van der Waals surface area contributed by atoms with Crippen molar-refractivity contribution in [2.24, 2.45) is 5.73 Å². The predicted molar refractivity (Wildman–Crippen MR) is 83.5 cm³/mol. The van der Waals surface area contributed by atoms with Gasteiger partial charge >= 0.3 is 0 Å². The number of aromatic nitrogens is 3. The highest BCUT2D eigenvalue weighted by molar-refractivity contribution is 6.30. The Labute approximate surface area is 130 Å². The molecule has 0 aliphatic heterocycles. The molecule has 0 radical (unpaired) electrons. The summed E-state index contributed by atoms with van der Waals surface area (Å²) in [4.78, 5) is 4.24. The molecule has 0 fully saturated rings. The molecular formula is C15H21ClN4O. The quantitative estimate of drug-likeness (QED) is 0.891. The highest BCUT2D eigenvalue weighted by atomic mass is 35.5. The van der Waals surface area contributed by atoms with E-state index in [1.165, 1.54) is 0 Å². The first-order valence-corrected chi connectivity index (χ1v) is 7.40. The number of nitrogens with two attached hydrogens (primary N) is 1. The summed E-state index contributed by atoms with van der Waals surface area (Å²) in [5, 5.41) is 4.88. The highest BCUT2D eigenvalue weighted by Crippen LogP contribution is 2.25. The van der Waals surface area contributed by atoms with E-state index in [0.29, 0.717) is 18.1 Å². The summed E-state index contributed by atoms with van der Waals surface area (Å²) in [7, 11) is 0. The lowest BCUT2D eigenvalue weighted by molar-refractivity contribution is 0.279. The summed E-state index contributed by atoms with van der Waals surface area (Å²) in [6.45, 7) is 6.44. The molecule has 0 aliphatic carbocycles. The Kier molecular flexibility index (Phi) is 5.20. The molecule has 1 aromatic carbocycles. The maximum absolute atomic E-state index is 6.04. The molecule has 6 heteroatoms. The number of benzene rings is 1. The van der Waals surface area contributed by atoms with Crippen molar-refractivity contribution >= 4 is 11.6 Å². The fourth-order valence-electron chi connectivity index (χ4n) is 2.15. The van der Waals surface area contributed by atoms with Crippen LogP contribution in [-0.4, -0.2) is 20.8 Å². The third kappa shape index (κ3) is 4.19. The van der Waals surface area contributed by atoms with Crippen LogP contribution in [0.15, 0.2) is 24.5 Å². The van der Waals surface area contributed by atoms with Gasteiger partial charge in [-0.2, -0.15) is 5.10 Å². The van der Waals surface area contributed by atoms with Gasteiger partial charge in [-0.25, -0.2) is 9.67 Å². The summed E-state index contributed by atoms with van der Waals surface area (Å²) in [6.07, 6.45) is 2.26. The van der Waals surface area contributed by atoms with E-state index in [1.54, 1.807) is 6.33 Å². The van der Waals surface area contributed by atoms with E-state index < -0.39 is 0 Å². The zero-order valence-electron chi connectivity index (χ0n) is 12.6. The predicted octanol–water partition coefficient (Wildman–Crippen LogP) is 2.98. The fourth-order valence-corrected chi connectivity index (χ4v) is 2.34. The lowest BCUT2D eigenvalue weighted by Crippen LogP contribution is -2.18. The summed E-state index contributed by atoms with van der Waals surface area (Å²) in [6, 6.07) is 5.88. The zero-order valence-corrected chi connectivity index (χ0v) is 13.3. The van der Waals surface area contributed by atoms with E-state index in [9.17, 15) is 0 Å². The second kappa shape index (κ2) is 6.91. The van der Waals surface area contributed by atoms with Gasteiger partial charge in [-0.3, -0.25) is 0 Å². The molecule has 0 bridgehead atoms. The van der Waals surface area contributed by atoms with E-state index in [0.717, 1.165) is 17.1 Å². The standard InChI is InChI=1S/C15H21ClN4O/c1-10(2)20-15(18-9-19-20)8-21-14-5-4-13(16)7-12(14)6-11(3)17/h4-5,7,9-11H,6,8,17H2,1-3H3. The van der Waals surface area contributed by atoms with E-state index in [1.807, 2.05) is 29.8 Å². The van der Waals surface area contributed by atoms with E-state index in [4.69, 9.17) is 22.1 Å². The molecule has 1 heterocycles. The third-order valence-corrected chi connectivity index (χ3v) is 3.29. The van der Waals surface area contributed by atoms with Crippen molar-refractivity contribution in [2.75, 3.05) is 0 Å². The molecule has 2 rings (SSSR count). The average Bonchev–Trinajstić information content (AvgIpc) is 2.85. The largest absolute Gasteiger partial charge is 0.485 e. The second-order valence-electron chi connectivity index (χ2n) is 5.44. The topological polar surface area (TPSA) is 66.0 Å². The van der Waals surface area contributed by atoms with E-state index >= 15 is 0 Å². The lowest BCUT2D eigenvalue weighted by atomic mass is 10.1. The Balaban J connectivity index is 2.14. The molecule has 21 heavy (non-hydrogen) atoms. The average molecular weight is 309 g/mol. The molecule has 1 aromatic heterocycles. The van der Waals surface area contributed by atoms with Crippen LogP contribution in [0.1, 0.15) is 38.2 Å². The van der Waals surface area contributed by atoms with Crippen molar-refractivity contribution in [1.29, 1.82) is 0 Å². The highest BCUT2D eigenvalue weighted by Gasteiger charge is 2.11. The molecule has 0 aliphatic rings. The molecule has 2 aromatic rings. The summed E-state index contributed by atoms with van der Waals surface area (Å²) >= 11 is 6.04. The van der Waals surface area contributed by atoms with Crippen molar-refractivity contribution in [3.05, 3.63) is 40.9 Å². The maximum atomic E-state index is 6.04. The van der Waals surface area contributed by atoms with Gasteiger partial charge in [0, 0.05) is 17.1 Å². The first-order chi connectivity index (χ1) is 9.97. The molecule has 0 spiro atoms. The number of hydrogen-bond donors (Lipinski definition) is 1. The maximum Gasteiger partial charge on any atom is 0.165 e. The molecule has 0 saturated carbocycles. The van der Waals surface area contributed by atoms with Crippen LogP contribution >= 0.6 is 11.6 Å². The van der Waals surface area contributed by atoms with E-state index in [2.05, 4.69) is 23.9 Å². The van der Waals surface area contributed by atoms with Gasteiger partial charge < -0.3 is 10.5 Å². The Morgan fingerprint density at radius 3 is 2.76 bits per heavy atom. The van der Waals surface area contributed by atoms with Gasteiger partial charge in [0.15, 0.2) is 5.82 Å². The minimum Gasteiger partial charge on any atom is -0.485 e. The molecule has 0 amide bonds. The lowest BCUT2D eigenvalue weighted by Gasteiger charge is -2.14. The van der Waals surface area contributed by atoms with Gasteiger partial charge in [0.05, 0.1) is 0 Å². The van der Waals surface area contributed by atoms with Crippen molar-refractivity contribution < 1.29 is 4.74 Å². The van der Waals surface area contributed by atoms with Crippen LogP contribution in [0.5, 0.6) is 5.75 Å².